The summed E-state index contributed by atoms with van der Waals surface area (Å²) in [6, 6.07) is 3.52. The van der Waals surface area contributed by atoms with Gasteiger partial charge in [0, 0.05) is 19.6 Å². The number of nitrogens with one attached hydrogen (secondary N) is 5. The molecule has 0 aromatic heterocycles. The van der Waals surface area contributed by atoms with Gasteiger partial charge < -0.3 is 48.1 Å². The van der Waals surface area contributed by atoms with Gasteiger partial charge in [-0.2, -0.15) is 0 Å². The number of carbonyl (C=O) groups is 7. The summed E-state index contributed by atoms with van der Waals surface area (Å²) >= 11 is 0. The number of nitrogens with two attached hydrogens (primary N) is 2. The predicted molar refractivity (Wildman–Crippen MR) is 149 cm³/mol. The molecule has 1 aromatic carbocycles. The van der Waals surface area contributed by atoms with Gasteiger partial charge >= 0.3 is 5.97 Å². The molecule has 3 saturated heterocycles. The molecule has 2 bridgehead atoms. The molecule has 3 aliphatic rings. The van der Waals surface area contributed by atoms with Crippen LogP contribution in [0.2, 0.25) is 0 Å². The zero-order chi connectivity index (χ0) is 31.5. The fraction of sp³-hybridized carbons (Fsp3) is 0.462. The highest BCUT2D eigenvalue weighted by molar-refractivity contribution is 6.00. The van der Waals surface area contributed by atoms with Crippen LogP contribution in [-0.2, 0) is 40.1 Å². The minimum absolute atomic E-state index is 0.0321. The number of hydrogen-bond acceptors (Lipinski definition) is 8. The van der Waals surface area contributed by atoms with Gasteiger partial charge in [-0.05, 0) is 18.4 Å². The number of carboxylic acid groups (broad SMARTS) is 1. The molecule has 232 valence electrons. The summed E-state index contributed by atoms with van der Waals surface area (Å²) in [6.07, 6.45) is -0.969. The maximum Gasteiger partial charge on any atom is 0.305 e. The Hall–Kier alpha value is -5.22. The van der Waals surface area contributed by atoms with Crippen LogP contribution in [0.15, 0.2) is 35.3 Å². The van der Waals surface area contributed by atoms with Crippen molar-refractivity contribution in [2.24, 2.45) is 16.5 Å². The zero-order valence-corrected chi connectivity index (χ0v) is 23.2. The lowest BCUT2D eigenvalue weighted by Gasteiger charge is -2.39. The van der Waals surface area contributed by atoms with Crippen molar-refractivity contribution in [1.82, 2.24) is 31.5 Å². The van der Waals surface area contributed by atoms with Crippen LogP contribution in [0.1, 0.15) is 31.2 Å². The van der Waals surface area contributed by atoms with E-state index >= 15 is 0 Å². The lowest BCUT2D eigenvalue weighted by molar-refractivity contribution is -0.151. The summed E-state index contributed by atoms with van der Waals surface area (Å²) in [5, 5.41) is 21.3. The molecule has 4 atom stereocenters. The average Bonchev–Trinajstić information content (AvgIpc) is 2.95. The lowest BCUT2D eigenvalue weighted by atomic mass is 10.0. The normalized spacial score (nSPS) is 23.7. The molecular weight excluding hydrogens is 566 g/mol. The van der Waals surface area contributed by atoms with E-state index in [0.717, 1.165) is 0 Å². The van der Waals surface area contributed by atoms with Crippen molar-refractivity contribution in [1.29, 1.82) is 0 Å². The molecule has 3 fully saturated rings. The Labute approximate surface area is 246 Å². The highest BCUT2D eigenvalue weighted by Gasteiger charge is 2.42. The number of piperazine rings is 1. The van der Waals surface area contributed by atoms with E-state index in [4.69, 9.17) is 11.5 Å². The SMILES string of the molecule is NC(N)=NCCC[C@@H]1NC(=O)C[C@H]2C(=O)N[C@H](CNC(=O)[C@H](CC(=O)O)NC(=O)CNC1=O)C(=O)N2Cc1ccccc1. The van der Waals surface area contributed by atoms with Crippen LogP contribution in [0.5, 0.6) is 0 Å². The van der Waals surface area contributed by atoms with Crippen molar-refractivity contribution >= 4 is 47.4 Å². The fourth-order valence-electron chi connectivity index (χ4n) is 4.58. The molecule has 0 saturated carbocycles. The molecule has 17 heteroatoms. The molecule has 43 heavy (non-hydrogen) atoms. The van der Waals surface area contributed by atoms with Gasteiger partial charge in [0.15, 0.2) is 5.96 Å². The van der Waals surface area contributed by atoms with Gasteiger partial charge in [-0.1, -0.05) is 30.3 Å². The number of aliphatic carboxylic acids is 1. The third-order valence-corrected chi connectivity index (χ3v) is 6.68. The summed E-state index contributed by atoms with van der Waals surface area (Å²) in [7, 11) is 0. The van der Waals surface area contributed by atoms with E-state index in [1.165, 1.54) is 4.90 Å². The van der Waals surface area contributed by atoms with E-state index in [0.29, 0.717) is 5.56 Å². The van der Waals surface area contributed by atoms with Crippen molar-refractivity contribution in [3.05, 3.63) is 35.9 Å². The van der Waals surface area contributed by atoms with Crippen LogP contribution in [-0.4, -0.2) is 101 Å². The largest absolute Gasteiger partial charge is 0.481 e. The van der Waals surface area contributed by atoms with E-state index in [9.17, 15) is 38.7 Å². The van der Waals surface area contributed by atoms with Gasteiger partial charge in [-0.15, -0.1) is 0 Å². The van der Waals surface area contributed by atoms with Crippen molar-refractivity contribution in [2.45, 2.75) is 56.4 Å². The van der Waals surface area contributed by atoms with Gasteiger partial charge in [0.25, 0.3) is 0 Å². The number of amides is 6. The number of benzene rings is 1. The Balaban J connectivity index is 1.93. The van der Waals surface area contributed by atoms with Gasteiger partial charge in [-0.25, -0.2) is 0 Å². The first kappa shape index (κ1) is 32.3. The number of hydrogen-bond donors (Lipinski definition) is 8. The summed E-state index contributed by atoms with van der Waals surface area (Å²) in [5.74, 6) is -6.09. The number of carboxylic acids is 1. The monoisotopic (exact) mass is 601 g/mol. The quantitative estimate of drug-likeness (QED) is 0.0619. The molecular formula is C26H35N9O8. The minimum Gasteiger partial charge on any atom is -0.481 e. The molecule has 0 spiro atoms. The van der Waals surface area contributed by atoms with Crippen molar-refractivity contribution in [3.8, 4) is 0 Å². The van der Waals surface area contributed by atoms with Crippen LogP contribution in [0.3, 0.4) is 0 Å². The number of carbonyl (C=O) groups excluding carboxylic acids is 6. The summed E-state index contributed by atoms with van der Waals surface area (Å²) in [5.41, 5.74) is 11.3. The highest BCUT2D eigenvalue weighted by atomic mass is 16.4. The summed E-state index contributed by atoms with van der Waals surface area (Å²) in [4.78, 5) is 94.7. The second kappa shape index (κ2) is 15.1. The maximum absolute atomic E-state index is 13.5. The molecule has 3 heterocycles. The third-order valence-electron chi connectivity index (χ3n) is 6.68. The van der Waals surface area contributed by atoms with Crippen molar-refractivity contribution in [2.75, 3.05) is 19.6 Å². The molecule has 3 aliphatic heterocycles. The first-order valence-electron chi connectivity index (χ1n) is 13.5. The molecule has 1 aromatic rings. The van der Waals surface area contributed by atoms with E-state index in [2.05, 4.69) is 31.6 Å². The van der Waals surface area contributed by atoms with Gasteiger partial charge in [0.2, 0.25) is 35.4 Å². The van der Waals surface area contributed by atoms with E-state index in [-0.39, 0.29) is 31.9 Å². The molecule has 0 aliphatic carbocycles. The average molecular weight is 602 g/mol. The molecule has 0 unspecified atom stereocenters. The summed E-state index contributed by atoms with van der Waals surface area (Å²) in [6.45, 7) is -0.929. The molecule has 17 nitrogen and oxygen atoms in total. The summed E-state index contributed by atoms with van der Waals surface area (Å²) < 4.78 is 0. The van der Waals surface area contributed by atoms with Gasteiger partial charge in [-0.3, -0.25) is 38.6 Å². The molecule has 10 N–H and O–H groups in total. The molecule has 6 amide bonds. The van der Waals surface area contributed by atoms with Gasteiger partial charge in [0.1, 0.15) is 24.2 Å². The number of aliphatic imine (C=N–C) groups is 1. The second-order valence-corrected chi connectivity index (χ2v) is 9.98. The minimum atomic E-state index is -1.55. The molecule has 4 rings (SSSR count). The molecule has 0 radical (unpaired) electrons. The van der Waals surface area contributed by atoms with E-state index in [1.807, 2.05) is 0 Å². The van der Waals surface area contributed by atoms with Gasteiger partial charge in [0.05, 0.1) is 19.4 Å². The second-order valence-electron chi connectivity index (χ2n) is 9.98. The van der Waals surface area contributed by atoms with Crippen molar-refractivity contribution in [3.63, 3.8) is 0 Å². The lowest BCUT2D eigenvalue weighted by Crippen LogP contribution is -2.66. The first-order valence-corrected chi connectivity index (χ1v) is 13.5. The Bertz CT molecular complexity index is 1270. The number of nitrogens with zero attached hydrogens (tertiary/aromatic N) is 2. The van der Waals surface area contributed by atoms with Crippen LogP contribution >= 0.6 is 0 Å². The van der Waals surface area contributed by atoms with Crippen LogP contribution in [0.25, 0.3) is 0 Å². The van der Waals surface area contributed by atoms with E-state index in [1.54, 1.807) is 30.3 Å². The van der Waals surface area contributed by atoms with E-state index < -0.39 is 91.5 Å². The predicted octanol–water partition coefficient (Wildman–Crippen LogP) is -3.98. The highest BCUT2D eigenvalue weighted by Crippen LogP contribution is 2.18. The standard InChI is InChI=1S/C26H35N9O8/c27-26(28)29-8-4-7-15-22(40)31-12-20(37)33-16(9-21(38)39)23(41)30-11-17-25(43)35(13-14-5-2-1-3-6-14)18(24(42)34-17)10-19(36)32-15/h1-3,5-6,15-18H,4,7-13H2,(H,30,41)(H,31,40)(H,32,36)(H,33,37)(H,34,42)(H,38,39)(H4,27,28,29)/t15-,16-,17+,18-/m0/s1. The topological polar surface area (TPSA) is 268 Å². The third kappa shape index (κ3) is 9.68. The first-order chi connectivity index (χ1) is 20.4. The van der Waals surface area contributed by atoms with Crippen LogP contribution < -0.4 is 38.1 Å². The number of rotatable bonds is 8. The van der Waals surface area contributed by atoms with Crippen LogP contribution in [0.4, 0.5) is 0 Å². The Morgan fingerprint density at radius 3 is 2.26 bits per heavy atom. The zero-order valence-electron chi connectivity index (χ0n) is 23.2. The Morgan fingerprint density at radius 2 is 1.58 bits per heavy atom. The fourth-order valence-corrected chi connectivity index (χ4v) is 4.58. The Morgan fingerprint density at radius 1 is 0.907 bits per heavy atom. The van der Waals surface area contributed by atoms with Crippen LogP contribution in [0, 0.1) is 0 Å². The maximum atomic E-state index is 13.5. The van der Waals surface area contributed by atoms with Crippen molar-refractivity contribution < 1.29 is 38.7 Å². The number of guanidine groups is 1. The smallest absolute Gasteiger partial charge is 0.305 e. The Kier molecular flexibility index (Phi) is 11.4. The number of fused-ring (bicyclic) bond motifs is 14.